The van der Waals surface area contributed by atoms with Gasteiger partial charge in [0.05, 0.1) is 0 Å². The first-order valence-electron chi connectivity index (χ1n) is 3.53. The molecule has 10 heavy (non-hydrogen) atoms. The molecule has 0 aliphatic rings. The van der Waals surface area contributed by atoms with Crippen LogP contribution in [0.15, 0.2) is 24.3 Å². The van der Waals surface area contributed by atoms with E-state index in [2.05, 4.69) is 10.9 Å². The first-order chi connectivity index (χ1) is 4.91. The Bertz CT molecular complexity index is 149. The summed E-state index contributed by atoms with van der Waals surface area (Å²) in [5.74, 6) is 0. The molecule has 0 atom stereocenters. The lowest BCUT2D eigenvalue weighted by molar-refractivity contribution is 0.923. The summed E-state index contributed by atoms with van der Waals surface area (Å²) < 4.78 is 0. The molecule has 0 aliphatic carbocycles. The fraction of sp³-hybridized carbons (Fsp3) is 0.444. The normalized spacial score (nSPS) is 10.8. The quantitative estimate of drug-likeness (QED) is 0.317. The van der Waals surface area contributed by atoms with Crippen molar-refractivity contribution in [3.8, 4) is 0 Å². The highest BCUT2D eigenvalue weighted by Crippen LogP contribution is 1.91. The first-order valence-corrected chi connectivity index (χ1v) is 3.53. The molecule has 0 bridgehead atoms. The zero-order valence-electron chi connectivity index (χ0n) is 6.38. The maximum absolute atomic E-state index is 6.51. The summed E-state index contributed by atoms with van der Waals surface area (Å²) in [6, 6.07) is 0. The molecule has 54 valence electrons. The largest absolute Gasteiger partial charge is 0.317 e. The zero-order valence-corrected chi connectivity index (χ0v) is 6.38. The van der Waals surface area contributed by atoms with Crippen LogP contribution >= 0.6 is 0 Å². The van der Waals surface area contributed by atoms with Crippen LogP contribution in [0.1, 0.15) is 19.8 Å². The van der Waals surface area contributed by atoms with E-state index in [1.165, 1.54) is 0 Å². The van der Waals surface area contributed by atoms with Gasteiger partial charge in [-0.15, -0.1) is 0 Å². The van der Waals surface area contributed by atoms with Gasteiger partial charge < -0.3 is 4.85 Å². The van der Waals surface area contributed by atoms with E-state index < -0.39 is 0 Å². The maximum Gasteiger partial charge on any atom is 0.215 e. The van der Waals surface area contributed by atoms with Gasteiger partial charge in [0.2, 0.25) is 6.54 Å². The van der Waals surface area contributed by atoms with E-state index in [-0.39, 0.29) is 0 Å². The molecule has 0 spiro atoms. The van der Waals surface area contributed by atoms with Crippen molar-refractivity contribution in [3.05, 3.63) is 35.7 Å². The van der Waals surface area contributed by atoms with Gasteiger partial charge in [0.25, 0.3) is 0 Å². The van der Waals surface area contributed by atoms with Gasteiger partial charge in [-0.1, -0.05) is 24.3 Å². The van der Waals surface area contributed by atoms with Crippen molar-refractivity contribution in [2.75, 3.05) is 6.54 Å². The van der Waals surface area contributed by atoms with Crippen LogP contribution in [0, 0.1) is 6.57 Å². The molecular formula is C9H13N. The molecule has 1 heteroatoms. The lowest BCUT2D eigenvalue weighted by Gasteiger charge is -1.81. The van der Waals surface area contributed by atoms with Gasteiger partial charge in [-0.3, -0.25) is 0 Å². The number of unbranched alkanes of at least 4 members (excludes halogenated alkanes) is 1. The van der Waals surface area contributed by atoms with E-state index in [1.807, 2.05) is 25.2 Å². The van der Waals surface area contributed by atoms with Crippen molar-refractivity contribution in [2.24, 2.45) is 0 Å². The molecule has 0 rings (SSSR count). The van der Waals surface area contributed by atoms with E-state index in [1.54, 1.807) is 0 Å². The first kappa shape index (κ1) is 8.97. The molecule has 0 aromatic carbocycles. The van der Waals surface area contributed by atoms with Crippen LogP contribution in [0.5, 0.6) is 0 Å². The van der Waals surface area contributed by atoms with Crippen molar-refractivity contribution in [1.82, 2.24) is 0 Å². The van der Waals surface area contributed by atoms with Gasteiger partial charge in [0.1, 0.15) is 0 Å². The van der Waals surface area contributed by atoms with Crippen LogP contribution in [0.25, 0.3) is 4.85 Å². The molecule has 0 aromatic rings. The zero-order chi connectivity index (χ0) is 7.66. The molecular weight excluding hydrogens is 122 g/mol. The van der Waals surface area contributed by atoms with Crippen LogP contribution < -0.4 is 0 Å². The van der Waals surface area contributed by atoms with Crippen LogP contribution in [-0.4, -0.2) is 6.54 Å². The predicted molar refractivity (Wildman–Crippen MR) is 44.7 cm³/mol. The number of allylic oxidation sites excluding steroid dienone is 4. The Hall–Kier alpha value is -1.03. The second-order valence-electron chi connectivity index (χ2n) is 1.98. The number of hydrogen-bond donors (Lipinski definition) is 0. The van der Waals surface area contributed by atoms with Crippen LogP contribution in [0.2, 0.25) is 0 Å². The standard InChI is InChI=1S/C9H13N/c1-3-4-5-6-7-8-9-10-2/h3-6H,7-9H2,1H3/b4-3-,6-5+. The maximum atomic E-state index is 6.51. The summed E-state index contributed by atoms with van der Waals surface area (Å²) in [6.07, 6.45) is 10.1. The number of rotatable bonds is 4. The SMILES string of the molecule is [C-]#[N+]CCC/C=C/C=C\C. The Morgan fingerprint density at radius 1 is 1.40 bits per heavy atom. The fourth-order valence-corrected chi connectivity index (χ4v) is 0.574. The minimum atomic E-state index is 0.653. The highest BCUT2D eigenvalue weighted by molar-refractivity contribution is 5.00. The average Bonchev–Trinajstić information content (AvgIpc) is 1.97. The summed E-state index contributed by atoms with van der Waals surface area (Å²) in [4.78, 5) is 3.25. The fourth-order valence-electron chi connectivity index (χ4n) is 0.574. The Kier molecular flexibility index (Phi) is 7.15. The second kappa shape index (κ2) is 7.97. The summed E-state index contributed by atoms with van der Waals surface area (Å²) >= 11 is 0. The minimum absolute atomic E-state index is 0.653. The molecule has 0 unspecified atom stereocenters. The second-order valence-corrected chi connectivity index (χ2v) is 1.98. The van der Waals surface area contributed by atoms with Crippen molar-refractivity contribution in [1.29, 1.82) is 0 Å². The summed E-state index contributed by atoms with van der Waals surface area (Å²) in [6.45, 7) is 9.15. The van der Waals surface area contributed by atoms with Crippen LogP contribution in [0.3, 0.4) is 0 Å². The van der Waals surface area contributed by atoms with E-state index in [9.17, 15) is 0 Å². The Balaban J connectivity index is 3.12. The van der Waals surface area contributed by atoms with Gasteiger partial charge in [0, 0.05) is 6.42 Å². The van der Waals surface area contributed by atoms with Gasteiger partial charge in [0.15, 0.2) is 0 Å². The molecule has 0 saturated heterocycles. The summed E-state index contributed by atoms with van der Waals surface area (Å²) in [5, 5.41) is 0. The van der Waals surface area contributed by atoms with Crippen LogP contribution in [-0.2, 0) is 0 Å². The van der Waals surface area contributed by atoms with E-state index in [4.69, 9.17) is 6.57 Å². The number of nitrogens with zero attached hydrogens (tertiary/aromatic N) is 1. The summed E-state index contributed by atoms with van der Waals surface area (Å²) in [7, 11) is 0. The molecule has 0 heterocycles. The summed E-state index contributed by atoms with van der Waals surface area (Å²) in [5.41, 5.74) is 0. The van der Waals surface area contributed by atoms with Gasteiger partial charge in [-0.25, -0.2) is 6.57 Å². The third-order valence-corrected chi connectivity index (χ3v) is 1.08. The molecule has 0 N–H and O–H groups in total. The Morgan fingerprint density at radius 3 is 2.80 bits per heavy atom. The smallest absolute Gasteiger partial charge is 0.215 e. The topological polar surface area (TPSA) is 4.36 Å². The van der Waals surface area contributed by atoms with Crippen molar-refractivity contribution in [2.45, 2.75) is 19.8 Å². The van der Waals surface area contributed by atoms with E-state index >= 15 is 0 Å². The third kappa shape index (κ3) is 6.97. The molecule has 0 saturated carbocycles. The Labute approximate surface area is 62.9 Å². The molecule has 0 fully saturated rings. The highest BCUT2D eigenvalue weighted by atomic mass is 14.6. The lowest BCUT2D eigenvalue weighted by Crippen LogP contribution is -1.72. The van der Waals surface area contributed by atoms with Gasteiger partial charge in [-0.05, 0) is 13.3 Å². The molecule has 1 nitrogen and oxygen atoms in total. The third-order valence-electron chi connectivity index (χ3n) is 1.08. The van der Waals surface area contributed by atoms with Crippen molar-refractivity contribution < 1.29 is 0 Å². The average molecular weight is 135 g/mol. The van der Waals surface area contributed by atoms with Crippen molar-refractivity contribution >= 4 is 0 Å². The van der Waals surface area contributed by atoms with E-state index in [0.29, 0.717) is 6.54 Å². The Morgan fingerprint density at radius 2 is 2.20 bits per heavy atom. The van der Waals surface area contributed by atoms with Gasteiger partial charge in [-0.2, -0.15) is 0 Å². The predicted octanol–water partition coefficient (Wildman–Crippen LogP) is 2.82. The van der Waals surface area contributed by atoms with Gasteiger partial charge >= 0.3 is 0 Å². The monoisotopic (exact) mass is 135 g/mol. The minimum Gasteiger partial charge on any atom is -0.317 e. The molecule has 0 amide bonds. The molecule has 0 aromatic heterocycles. The lowest BCUT2D eigenvalue weighted by atomic mass is 10.3. The molecule has 0 aliphatic heterocycles. The molecule has 0 radical (unpaired) electrons. The number of hydrogen-bond acceptors (Lipinski definition) is 0. The van der Waals surface area contributed by atoms with Crippen molar-refractivity contribution in [3.63, 3.8) is 0 Å². The van der Waals surface area contributed by atoms with Crippen LogP contribution in [0.4, 0.5) is 0 Å². The highest BCUT2D eigenvalue weighted by Gasteiger charge is 1.81. The van der Waals surface area contributed by atoms with E-state index in [0.717, 1.165) is 12.8 Å².